The standard InChI is InChI=1S/C14H9NO/c15-9-13-10-16-6-5-14(13)7-11-3-1-2-4-12(11)8-14/h1-8,10H. The van der Waals surface area contributed by atoms with E-state index >= 15 is 0 Å². The van der Waals surface area contributed by atoms with E-state index < -0.39 is 5.41 Å². The van der Waals surface area contributed by atoms with Gasteiger partial charge in [-0.2, -0.15) is 5.26 Å². The Morgan fingerprint density at radius 3 is 2.44 bits per heavy atom. The number of nitrogens with zero attached hydrogens (tertiary/aromatic N) is 1. The van der Waals surface area contributed by atoms with Gasteiger partial charge >= 0.3 is 0 Å². The summed E-state index contributed by atoms with van der Waals surface area (Å²) in [4.78, 5) is 0. The molecule has 0 N–H and O–H groups in total. The minimum atomic E-state index is -0.406. The molecule has 1 aromatic rings. The number of allylic oxidation sites excluding steroid dienone is 2. The lowest BCUT2D eigenvalue weighted by Crippen LogP contribution is -2.19. The van der Waals surface area contributed by atoms with Crippen molar-refractivity contribution in [3.05, 3.63) is 58.9 Å². The Labute approximate surface area is 93.1 Å². The van der Waals surface area contributed by atoms with Crippen LogP contribution in [0.2, 0.25) is 0 Å². The Bertz CT molecular complexity index is 624. The topological polar surface area (TPSA) is 33.0 Å². The zero-order chi connectivity index (χ0) is 11.0. The lowest BCUT2D eigenvalue weighted by atomic mass is 9.81. The highest BCUT2D eigenvalue weighted by Gasteiger charge is 2.31. The Hall–Kier alpha value is -2.27. The van der Waals surface area contributed by atoms with Crippen LogP contribution in [0.15, 0.2) is 48.4 Å². The summed E-state index contributed by atoms with van der Waals surface area (Å²) in [6, 6.07) is 10.3. The molecule has 2 aliphatic rings. The third kappa shape index (κ3) is 1.12. The van der Waals surface area contributed by atoms with Gasteiger partial charge in [0.15, 0.2) is 0 Å². The van der Waals surface area contributed by atoms with E-state index in [1.165, 1.54) is 6.26 Å². The monoisotopic (exact) mass is 207 g/mol. The van der Waals surface area contributed by atoms with Crippen LogP contribution >= 0.6 is 0 Å². The molecular formula is C14H9NO. The highest BCUT2D eigenvalue weighted by Crippen LogP contribution is 2.36. The zero-order valence-corrected chi connectivity index (χ0v) is 8.55. The van der Waals surface area contributed by atoms with Crippen LogP contribution in [-0.4, -0.2) is 0 Å². The molecule has 1 spiro atoms. The summed E-state index contributed by atoms with van der Waals surface area (Å²) in [6.07, 6.45) is 9.23. The molecule has 2 nitrogen and oxygen atoms in total. The number of nitriles is 1. The fourth-order valence-electron chi connectivity index (χ4n) is 2.16. The molecule has 0 fully saturated rings. The molecule has 1 heterocycles. The minimum absolute atomic E-state index is 0.406. The van der Waals surface area contributed by atoms with Gasteiger partial charge in [-0.15, -0.1) is 0 Å². The van der Waals surface area contributed by atoms with Crippen molar-refractivity contribution in [2.45, 2.75) is 0 Å². The van der Waals surface area contributed by atoms with Crippen LogP contribution in [0.25, 0.3) is 12.2 Å². The first-order valence-corrected chi connectivity index (χ1v) is 5.09. The van der Waals surface area contributed by atoms with Crippen LogP contribution in [0.4, 0.5) is 0 Å². The molecule has 0 saturated heterocycles. The van der Waals surface area contributed by atoms with Crippen molar-refractivity contribution >= 4 is 12.2 Å². The second kappa shape index (κ2) is 3.11. The first-order valence-electron chi connectivity index (χ1n) is 5.09. The average molecular weight is 207 g/mol. The van der Waals surface area contributed by atoms with E-state index in [0.29, 0.717) is 5.57 Å². The van der Waals surface area contributed by atoms with Crippen LogP contribution in [0.3, 0.4) is 0 Å². The van der Waals surface area contributed by atoms with Crippen molar-refractivity contribution in [1.29, 1.82) is 5.26 Å². The first-order chi connectivity index (χ1) is 7.84. The number of ether oxygens (including phenoxy) is 1. The van der Waals surface area contributed by atoms with E-state index in [1.54, 1.807) is 6.26 Å². The number of hydrogen-bond acceptors (Lipinski definition) is 2. The first kappa shape index (κ1) is 8.99. The third-order valence-corrected chi connectivity index (χ3v) is 2.98. The second-order valence-corrected chi connectivity index (χ2v) is 3.93. The lowest BCUT2D eigenvalue weighted by Gasteiger charge is -2.22. The molecule has 3 rings (SSSR count). The maximum Gasteiger partial charge on any atom is 0.105 e. The molecule has 0 atom stereocenters. The van der Waals surface area contributed by atoms with E-state index in [4.69, 9.17) is 10.00 Å². The molecule has 0 bridgehead atoms. The fraction of sp³-hybridized carbons (Fsp3) is 0.0714. The molecule has 0 saturated carbocycles. The van der Waals surface area contributed by atoms with Crippen LogP contribution in [0, 0.1) is 16.7 Å². The molecule has 0 amide bonds. The molecule has 1 aliphatic heterocycles. The number of fused-ring (bicyclic) bond motifs is 1. The van der Waals surface area contributed by atoms with Gasteiger partial charge in [-0.3, -0.25) is 0 Å². The van der Waals surface area contributed by atoms with Gasteiger partial charge < -0.3 is 4.74 Å². The molecule has 1 aromatic carbocycles. The van der Waals surface area contributed by atoms with Crippen molar-refractivity contribution in [3.8, 4) is 6.07 Å². The lowest BCUT2D eigenvalue weighted by molar-refractivity contribution is 0.379. The zero-order valence-electron chi connectivity index (χ0n) is 8.55. The van der Waals surface area contributed by atoms with E-state index in [-0.39, 0.29) is 0 Å². The third-order valence-electron chi connectivity index (χ3n) is 2.98. The predicted octanol–water partition coefficient (Wildman–Crippen LogP) is 1.20. The molecular weight excluding hydrogens is 198 g/mol. The van der Waals surface area contributed by atoms with Gasteiger partial charge in [0, 0.05) is 0 Å². The predicted molar refractivity (Wildman–Crippen MR) is 61.0 cm³/mol. The number of hydrogen-bond donors (Lipinski definition) is 0. The summed E-state index contributed by atoms with van der Waals surface area (Å²) >= 11 is 0. The van der Waals surface area contributed by atoms with Crippen LogP contribution in [0.5, 0.6) is 0 Å². The van der Waals surface area contributed by atoms with Gasteiger partial charge in [-0.1, -0.05) is 36.4 Å². The van der Waals surface area contributed by atoms with Crippen LogP contribution in [-0.2, 0) is 4.74 Å². The summed E-state index contributed by atoms with van der Waals surface area (Å²) in [6.45, 7) is 0. The highest BCUT2D eigenvalue weighted by molar-refractivity contribution is 5.69. The smallest absolute Gasteiger partial charge is 0.105 e. The van der Waals surface area contributed by atoms with Crippen molar-refractivity contribution in [1.82, 2.24) is 0 Å². The Morgan fingerprint density at radius 2 is 1.81 bits per heavy atom. The van der Waals surface area contributed by atoms with Crippen molar-refractivity contribution in [2.75, 3.05) is 0 Å². The second-order valence-electron chi connectivity index (χ2n) is 3.93. The van der Waals surface area contributed by atoms with E-state index in [9.17, 15) is 0 Å². The van der Waals surface area contributed by atoms with Gasteiger partial charge in [-0.25, -0.2) is 0 Å². The minimum Gasteiger partial charge on any atom is -0.472 e. The molecule has 0 unspecified atom stereocenters. The van der Waals surface area contributed by atoms with Gasteiger partial charge in [0.05, 0.1) is 23.3 Å². The molecule has 2 heteroatoms. The van der Waals surface area contributed by atoms with Crippen molar-refractivity contribution in [2.24, 2.45) is 5.41 Å². The quantitative estimate of drug-likeness (QED) is 0.640. The van der Waals surface area contributed by atoms with Gasteiger partial charge in [0.2, 0.25) is 0 Å². The average Bonchev–Trinajstić information content (AvgIpc) is 2.68. The van der Waals surface area contributed by atoms with Crippen LogP contribution < -0.4 is 10.4 Å². The molecule has 76 valence electrons. The SMILES string of the molecule is N#CC1=COC=CC12C=c1ccccc1=C2. The largest absolute Gasteiger partial charge is 0.472 e. The molecule has 16 heavy (non-hydrogen) atoms. The van der Waals surface area contributed by atoms with Gasteiger partial charge in [0.1, 0.15) is 6.26 Å². The summed E-state index contributed by atoms with van der Waals surface area (Å²) < 4.78 is 5.05. The maximum atomic E-state index is 9.12. The summed E-state index contributed by atoms with van der Waals surface area (Å²) in [5.74, 6) is 0. The normalized spacial score (nSPS) is 18.8. The van der Waals surface area contributed by atoms with E-state index in [2.05, 4.69) is 30.4 Å². The Balaban J connectivity index is 2.28. The Kier molecular flexibility index (Phi) is 1.75. The number of rotatable bonds is 0. The molecule has 0 aromatic heterocycles. The maximum absolute atomic E-state index is 9.12. The van der Waals surface area contributed by atoms with E-state index in [0.717, 1.165) is 10.4 Å². The van der Waals surface area contributed by atoms with Crippen molar-refractivity contribution < 1.29 is 4.74 Å². The number of benzene rings is 1. The molecule has 0 radical (unpaired) electrons. The van der Waals surface area contributed by atoms with Crippen LogP contribution in [0.1, 0.15) is 0 Å². The molecule has 1 aliphatic carbocycles. The summed E-state index contributed by atoms with van der Waals surface area (Å²) in [5.41, 5.74) is 0.211. The summed E-state index contributed by atoms with van der Waals surface area (Å²) in [7, 11) is 0. The highest BCUT2D eigenvalue weighted by atomic mass is 16.5. The Morgan fingerprint density at radius 1 is 1.12 bits per heavy atom. The fourth-order valence-corrected chi connectivity index (χ4v) is 2.16. The van der Waals surface area contributed by atoms with Crippen molar-refractivity contribution in [3.63, 3.8) is 0 Å². The van der Waals surface area contributed by atoms with Gasteiger partial charge in [-0.05, 0) is 16.5 Å². The summed E-state index contributed by atoms with van der Waals surface area (Å²) in [5, 5.41) is 11.4. The van der Waals surface area contributed by atoms with E-state index in [1.807, 2.05) is 18.2 Å². The van der Waals surface area contributed by atoms with Gasteiger partial charge in [0.25, 0.3) is 0 Å².